The molecule has 1 atom stereocenters. The average Bonchev–Trinajstić information content (AvgIpc) is 3.39. The molecule has 5 heterocycles. The first-order chi connectivity index (χ1) is 19.6. The van der Waals surface area contributed by atoms with E-state index in [2.05, 4.69) is 41.3 Å². The van der Waals surface area contributed by atoms with Crippen molar-refractivity contribution in [3.05, 3.63) is 52.3 Å². The van der Waals surface area contributed by atoms with Crippen molar-refractivity contribution in [1.82, 2.24) is 29.9 Å². The van der Waals surface area contributed by atoms with Crippen LogP contribution in [0.3, 0.4) is 0 Å². The van der Waals surface area contributed by atoms with E-state index < -0.39 is 5.92 Å². The number of hydrogen-bond acceptors (Lipinski definition) is 5. The molecule has 4 amide bonds. The van der Waals surface area contributed by atoms with Gasteiger partial charge in [0.05, 0.1) is 29.2 Å². The number of aromatic amines is 1. The first kappa shape index (κ1) is 27.5. The molecule has 0 unspecified atom stereocenters. The highest BCUT2D eigenvalue weighted by Gasteiger charge is 2.37. The van der Waals surface area contributed by atoms with Gasteiger partial charge in [0, 0.05) is 55.8 Å². The number of amides is 4. The van der Waals surface area contributed by atoms with Gasteiger partial charge in [0.1, 0.15) is 5.82 Å². The van der Waals surface area contributed by atoms with Crippen LogP contribution in [0.4, 0.5) is 10.6 Å². The van der Waals surface area contributed by atoms with Crippen LogP contribution in [0, 0.1) is 11.3 Å². The predicted octanol–water partition coefficient (Wildman–Crippen LogP) is 4.59. The van der Waals surface area contributed by atoms with E-state index in [1.807, 2.05) is 32.9 Å². The minimum atomic E-state index is -0.471. The second kappa shape index (κ2) is 10.6. The quantitative estimate of drug-likeness (QED) is 0.471. The number of halogens is 1. The van der Waals surface area contributed by atoms with Gasteiger partial charge in [-0.25, -0.2) is 9.78 Å². The standard InChI is InChI=1S/C30H36ClN7O3/c1-30(2,3)17-37-16-23-19(12-24(31)26-22(23)14-33-35-26)11-20(28(37)40)13-25(39)36-9-6-21(7-10-36)38-15-18-5-4-8-32-27(18)34-29(38)41/h4-5,8,12,14,20-21H,6-7,9-11,13,15-17H2,1-3H3,(H,33,35)(H,32,34,41)/t20-/m0/s1. The molecule has 3 aliphatic heterocycles. The number of anilines is 1. The largest absolute Gasteiger partial charge is 0.343 e. The van der Waals surface area contributed by atoms with E-state index in [4.69, 9.17) is 11.6 Å². The number of nitrogens with one attached hydrogen (secondary N) is 2. The zero-order valence-corrected chi connectivity index (χ0v) is 24.5. The minimum Gasteiger partial charge on any atom is -0.343 e. The first-order valence-corrected chi connectivity index (χ1v) is 14.7. The first-order valence-electron chi connectivity index (χ1n) is 14.3. The molecule has 11 heteroatoms. The number of pyridine rings is 1. The van der Waals surface area contributed by atoms with E-state index in [1.165, 1.54) is 0 Å². The van der Waals surface area contributed by atoms with Crippen molar-refractivity contribution in [2.75, 3.05) is 25.0 Å². The average molecular weight is 578 g/mol. The zero-order valence-electron chi connectivity index (χ0n) is 23.7. The van der Waals surface area contributed by atoms with E-state index in [9.17, 15) is 14.4 Å². The van der Waals surface area contributed by atoms with Crippen LogP contribution in [0.2, 0.25) is 5.02 Å². The fourth-order valence-electron chi connectivity index (χ4n) is 6.47. The van der Waals surface area contributed by atoms with Crippen molar-refractivity contribution in [2.24, 2.45) is 11.3 Å². The van der Waals surface area contributed by atoms with Gasteiger partial charge in [-0.2, -0.15) is 5.10 Å². The van der Waals surface area contributed by atoms with Gasteiger partial charge in [-0.05, 0) is 47.9 Å². The van der Waals surface area contributed by atoms with Crippen LogP contribution in [0.15, 0.2) is 30.6 Å². The Hall–Kier alpha value is -3.66. The highest BCUT2D eigenvalue weighted by molar-refractivity contribution is 6.35. The zero-order chi connectivity index (χ0) is 28.9. The Morgan fingerprint density at radius 3 is 2.68 bits per heavy atom. The summed E-state index contributed by atoms with van der Waals surface area (Å²) in [6.07, 6.45) is 5.44. The normalized spacial score (nSPS) is 20.1. The number of piperidine rings is 1. The fourth-order valence-corrected chi connectivity index (χ4v) is 6.74. The number of likely N-dealkylation sites (tertiary alicyclic amines) is 1. The summed E-state index contributed by atoms with van der Waals surface area (Å²) in [6, 6.07) is 5.67. The summed E-state index contributed by atoms with van der Waals surface area (Å²) in [7, 11) is 0. The number of hydrogen-bond donors (Lipinski definition) is 2. The SMILES string of the molecule is CC(C)(C)CN1Cc2c(cc(Cl)c3[nH]ncc23)C[C@@H](CC(=O)N2CCC(N3Cc4cccnc4NC3=O)CC2)C1=O. The molecule has 1 saturated heterocycles. The Morgan fingerprint density at radius 2 is 1.93 bits per heavy atom. The second-order valence-electron chi connectivity index (χ2n) is 12.7. The predicted molar refractivity (Wildman–Crippen MR) is 156 cm³/mol. The van der Waals surface area contributed by atoms with E-state index in [0.717, 1.165) is 27.6 Å². The summed E-state index contributed by atoms with van der Waals surface area (Å²) in [5, 5.41) is 11.6. The smallest absolute Gasteiger partial charge is 0.323 e. The van der Waals surface area contributed by atoms with E-state index in [0.29, 0.717) is 62.8 Å². The summed E-state index contributed by atoms with van der Waals surface area (Å²) in [5.74, 6) is 0.130. The molecule has 0 saturated carbocycles. The lowest BCUT2D eigenvalue weighted by Gasteiger charge is -2.40. The monoisotopic (exact) mass is 577 g/mol. The number of rotatable bonds is 4. The summed E-state index contributed by atoms with van der Waals surface area (Å²) in [6.45, 7) is 9.01. The minimum absolute atomic E-state index is 0.00407. The van der Waals surface area contributed by atoms with Gasteiger partial charge >= 0.3 is 6.03 Å². The number of benzene rings is 1. The Balaban J connectivity index is 1.16. The Morgan fingerprint density at radius 1 is 1.15 bits per heavy atom. The molecular weight excluding hydrogens is 542 g/mol. The van der Waals surface area contributed by atoms with E-state index >= 15 is 0 Å². The highest BCUT2D eigenvalue weighted by Crippen LogP contribution is 2.35. The van der Waals surface area contributed by atoms with Crippen molar-refractivity contribution < 1.29 is 14.4 Å². The third-order valence-electron chi connectivity index (χ3n) is 8.43. The number of H-pyrrole nitrogens is 1. The molecule has 41 heavy (non-hydrogen) atoms. The van der Waals surface area contributed by atoms with Gasteiger partial charge in [0.25, 0.3) is 0 Å². The van der Waals surface area contributed by atoms with E-state index in [-0.39, 0.29) is 35.7 Å². The maximum Gasteiger partial charge on any atom is 0.323 e. The van der Waals surface area contributed by atoms with Crippen molar-refractivity contribution in [3.63, 3.8) is 0 Å². The van der Waals surface area contributed by atoms with Gasteiger partial charge in [-0.3, -0.25) is 20.0 Å². The number of urea groups is 1. The molecule has 1 fully saturated rings. The molecule has 0 spiro atoms. The molecule has 6 rings (SSSR count). The van der Waals surface area contributed by atoms with Crippen LogP contribution in [0.25, 0.3) is 10.9 Å². The lowest BCUT2D eigenvalue weighted by molar-refractivity contribution is -0.142. The molecule has 0 aliphatic carbocycles. The molecule has 2 aromatic heterocycles. The Bertz CT molecular complexity index is 1510. The summed E-state index contributed by atoms with van der Waals surface area (Å²) >= 11 is 6.58. The summed E-state index contributed by atoms with van der Waals surface area (Å²) < 4.78 is 0. The Labute approximate surface area is 244 Å². The molecule has 216 valence electrons. The van der Waals surface area contributed by atoms with Crippen molar-refractivity contribution in [2.45, 2.75) is 65.6 Å². The molecule has 0 bridgehead atoms. The van der Waals surface area contributed by atoms with Crippen LogP contribution in [-0.2, 0) is 29.1 Å². The van der Waals surface area contributed by atoms with Crippen molar-refractivity contribution in [1.29, 1.82) is 0 Å². The molecular formula is C30H36ClN7O3. The molecule has 10 nitrogen and oxygen atoms in total. The number of nitrogens with zero attached hydrogens (tertiary/aromatic N) is 5. The highest BCUT2D eigenvalue weighted by atomic mass is 35.5. The van der Waals surface area contributed by atoms with Gasteiger partial charge in [-0.1, -0.05) is 38.4 Å². The number of aromatic nitrogens is 3. The number of carbonyl (C=O) groups is 3. The molecule has 2 N–H and O–H groups in total. The van der Waals surface area contributed by atoms with Gasteiger partial charge in [0.2, 0.25) is 11.8 Å². The van der Waals surface area contributed by atoms with Gasteiger partial charge in [-0.15, -0.1) is 0 Å². The summed E-state index contributed by atoms with van der Waals surface area (Å²) in [4.78, 5) is 50.1. The van der Waals surface area contributed by atoms with Gasteiger partial charge < -0.3 is 14.7 Å². The van der Waals surface area contributed by atoms with Crippen molar-refractivity contribution >= 4 is 46.2 Å². The van der Waals surface area contributed by atoms with Gasteiger partial charge in [0.15, 0.2) is 0 Å². The van der Waals surface area contributed by atoms with Crippen LogP contribution in [0.5, 0.6) is 0 Å². The Kier molecular flexibility index (Phi) is 7.13. The molecule has 3 aromatic rings. The van der Waals surface area contributed by atoms with Crippen LogP contribution < -0.4 is 5.32 Å². The number of fused-ring (bicyclic) bond motifs is 4. The third kappa shape index (κ3) is 5.49. The lowest BCUT2D eigenvalue weighted by Crippen LogP contribution is -2.51. The topological polar surface area (TPSA) is 115 Å². The summed E-state index contributed by atoms with van der Waals surface area (Å²) in [5.41, 5.74) is 3.70. The molecule has 0 radical (unpaired) electrons. The second-order valence-corrected chi connectivity index (χ2v) is 13.1. The van der Waals surface area contributed by atoms with Crippen molar-refractivity contribution in [3.8, 4) is 0 Å². The fraction of sp³-hybridized carbons (Fsp3) is 0.500. The van der Waals surface area contributed by atoms with Crippen LogP contribution >= 0.6 is 11.6 Å². The maximum atomic E-state index is 13.9. The lowest BCUT2D eigenvalue weighted by atomic mass is 9.91. The number of carbonyl (C=O) groups excluding carboxylic acids is 3. The van der Waals surface area contributed by atoms with Crippen LogP contribution in [-0.4, -0.2) is 73.4 Å². The maximum absolute atomic E-state index is 13.9. The van der Waals surface area contributed by atoms with Crippen LogP contribution in [0.1, 0.15) is 56.7 Å². The third-order valence-corrected chi connectivity index (χ3v) is 8.73. The molecule has 3 aliphatic rings. The van der Waals surface area contributed by atoms with E-state index in [1.54, 1.807) is 12.4 Å². The molecule has 1 aromatic carbocycles.